The summed E-state index contributed by atoms with van der Waals surface area (Å²) in [4.78, 5) is 0. The fourth-order valence-corrected chi connectivity index (χ4v) is 4.07. The van der Waals surface area contributed by atoms with Crippen LogP contribution in [0.15, 0.2) is 8.95 Å². The third-order valence-corrected chi connectivity index (χ3v) is 6.43. The summed E-state index contributed by atoms with van der Waals surface area (Å²) in [6.45, 7) is 4.27. The van der Waals surface area contributed by atoms with Crippen molar-refractivity contribution in [3.8, 4) is 12.3 Å². The average molecular weight is 356 g/mol. The molecule has 3 atom stereocenters. The van der Waals surface area contributed by atoms with Crippen LogP contribution in [0.2, 0.25) is 0 Å². The van der Waals surface area contributed by atoms with Gasteiger partial charge < -0.3 is 4.74 Å². The van der Waals surface area contributed by atoms with Crippen LogP contribution in [0.25, 0.3) is 0 Å². The van der Waals surface area contributed by atoms with Crippen molar-refractivity contribution in [2.24, 2.45) is 5.92 Å². The molecule has 0 aromatic heterocycles. The van der Waals surface area contributed by atoms with Gasteiger partial charge in [-0.3, -0.25) is 0 Å². The zero-order chi connectivity index (χ0) is 12.3. The predicted molar refractivity (Wildman–Crippen MR) is 74.8 cm³/mol. The van der Waals surface area contributed by atoms with Crippen molar-refractivity contribution in [1.29, 1.82) is 0 Å². The largest absolute Gasteiger partial charge is 0.364 e. The summed E-state index contributed by atoms with van der Waals surface area (Å²) in [5.41, 5.74) is 5.20. The normalized spacial score (nSPS) is 29.2. The van der Waals surface area contributed by atoms with Crippen LogP contribution in [0.1, 0.15) is 40.9 Å². The minimum Gasteiger partial charge on any atom is -0.364 e. The molecule has 88 valence electrons. The Balaban J connectivity index is 2.29. The monoisotopic (exact) mass is 354 g/mol. The summed E-state index contributed by atoms with van der Waals surface area (Å²) in [5, 5.41) is 0. The molecule has 1 aromatic rings. The molecular formula is C14H12Br2O. The van der Waals surface area contributed by atoms with Crippen LogP contribution in [0, 0.1) is 32.1 Å². The first-order valence-corrected chi connectivity index (χ1v) is 7.24. The summed E-state index contributed by atoms with van der Waals surface area (Å²) in [6.07, 6.45) is 6.84. The second-order valence-corrected chi connectivity index (χ2v) is 6.35. The molecule has 0 spiro atoms. The molecule has 2 aliphatic heterocycles. The second kappa shape index (κ2) is 3.85. The number of terminal acetylenes is 1. The van der Waals surface area contributed by atoms with E-state index in [9.17, 15) is 0 Å². The van der Waals surface area contributed by atoms with Gasteiger partial charge in [0.2, 0.25) is 0 Å². The molecule has 0 saturated carbocycles. The van der Waals surface area contributed by atoms with Crippen molar-refractivity contribution in [1.82, 2.24) is 0 Å². The molecule has 1 aromatic carbocycles. The Morgan fingerprint density at radius 2 is 1.76 bits per heavy atom. The van der Waals surface area contributed by atoms with Gasteiger partial charge in [0.05, 0.1) is 18.1 Å². The predicted octanol–water partition coefficient (Wildman–Crippen LogP) is 4.59. The summed E-state index contributed by atoms with van der Waals surface area (Å²) >= 11 is 7.29. The highest BCUT2D eigenvalue weighted by molar-refractivity contribution is 9.13. The van der Waals surface area contributed by atoms with Crippen LogP contribution in [0.3, 0.4) is 0 Å². The van der Waals surface area contributed by atoms with E-state index in [0.29, 0.717) is 0 Å². The molecule has 0 aliphatic carbocycles. The molecule has 3 rings (SSSR count). The lowest BCUT2D eigenvalue weighted by atomic mass is 9.80. The van der Waals surface area contributed by atoms with Gasteiger partial charge in [0.15, 0.2) is 0 Å². The van der Waals surface area contributed by atoms with E-state index >= 15 is 0 Å². The Kier molecular flexibility index (Phi) is 2.66. The Labute approximate surface area is 118 Å². The van der Waals surface area contributed by atoms with Gasteiger partial charge in [0.1, 0.15) is 0 Å². The molecule has 0 radical (unpaired) electrons. The van der Waals surface area contributed by atoms with Crippen LogP contribution >= 0.6 is 31.9 Å². The van der Waals surface area contributed by atoms with Crippen molar-refractivity contribution in [3.05, 3.63) is 31.2 Å². The van der Waals surface area contributed by atoms with Crippen molar-refractivity contribution in [2.75, 3.05) is 0 Å². The number of hydrogen-bond donors (Lipinski definition) is 0. The van der Waals surface area contributed by atoms with Crippen molar-refractivity contribution in [3.63, 3.8) is 0 Å². The van der Waals surface area contributed by atoms with Crippen LogP contribution < -0.4 is 0 Å². The van der Waals surface area contributed by atoms with Gasteiger partial charge in [0.25, 0.3) is 0 Å². The van der Waals surface area contributed by atoms with Crippen LogP contribution in [0.4, 0.5) is 0 Å². The maximum atomic E-state index is 6.03. The number of halogens is 2. The highest BCUT2D eigenvalue weighted by Crippen LogP contribution is 2.57. The molecule has 1 nitrogen and oxygen atoms in total. The van der Waals surface area contributed by atoms with E-state index in [4.69, 9.17) is 11.2 Å². The topological polar surface area (TPSA) is 9.23 Å². The van der Waals surface area contributed by atoms with Gasteiger partial charge in [-0.25, -0.2) is 0 Å². The first-order valence-electron chi connectivity index (χ1n) is 5.65. The minimum absolute atomic E-state index is 0.100. The third-order valence-electron chi connectivity index (χ3n) is 3.91. The molecule has 1 fully saturated rings. The number of fused-ring (bicyclic) bond motifs is 5. The molecule has 2 aliphatic rings. The molecule has 0 amide bonds. The van der Waals surface area contributed by atoms with E-state index in [0.717, 1.165) is 15.4 Å². The molecular weight excluding hydrogens is 344 g/mol. The SMILES string of the molecule is C#C[C@H]1C[C@H]2O[C@@H]1c1c(C)c(Br)c(Br)c(C)c12. The maximum absolute atomic E-state index is 6.03. The second-order valence-electron chi connectivity index (χ2n) is 4.76. The first kappa shape index (κ1) is 11.8. The highest BCUT2D eigenvalue weighted by atomic mass is 79.9. The van der Waals surface area contributed by atoms with E-state index in [2.05, 4.69) is 51.6 Å². The average Bonchev–Trinajstić information content (AvgIpc) is 2.90. The molecule has 3 heteroatoms. The van der Waals surface area contributed by atoms with Crippen LogP contribution in [-0.4, -0.2) is 0 Å². The molecule has 17 heavy (non-hydrogen) atoms. The summed E-state index contributed by atoms with van der Waals surface area (Å²) in [5.74, 6) is 3.10. The van der Waals surface area contributed by atoms with Gasteiger partial charge in [-0.2, -0.15) is 0 Å². The molecule has 1 saturated heterocycles. The quantitative estimate of drug-likeness (QED) is 0.618. The van der Waals surface area contributed by atoms with Crippen molar-refractivity contribution in [2.45, 2.75) is 32.5 Å². The van der Waals surface area contributed by atoms with E-state index in [-0.39, 0.29) is 18.1 Å². The first-order chi connectivity index (χ1) is 8.06. The van der Waals surface area contributed by atoms with Crippen LogP contribution in [-0.2, 0) is 4.74 Å². The lowest BCUT2D eigenvalue weighted by Gasteiger charge is -2.23. The summed E-state index contributed by atoms with van der Waals surface area (Å²) in [6, 6.07) is 0. The number of hydrogen-bond acceptors (Lipinski definition) is 1. The van der Waals surface area contributed by atoms with E-state index in [1.807, 2.05) is 0 Å². The van der Waals surface area contributed by atoms with Gasteiger partial charge in [-0.1, -0.05) is 0 Å². The standard InChI is InChI=1S/C14H12Br2O/c1-4-8-5-9-10-6(2)12(15)13(16)7(3)11(10)14(8)17-9/h1,8-9,14H,5H2,2-3H3/t8-,9+,14-/m0/s1. The van der Waals surface area contributed by atoms with Crippen molar-refractivity contribution < 1.29 is 4.74 Å². The van der Waals surface area contributed by atoms with Crippen LogP contribution in [0.5, 0.6) is 0 Å². The third kappa shape index (κ3) is 1.41. The van der Waals surface area contributed by atoms with Gasteiger partial charge in [-0.15, -0.1) is 12.3 Å². The molecule has 0 unspecified atom stereocenters. The Morgan fingerprint density at radius 1 is 1.18 bits per heavy atom. The van der Waals surface area contributed by atoms with E-state index < -0.39 is 0 Å². The molecule has 2 heterocycles. The minimum atomic E-state index is 0.100. The fraction of sp³-hybridized carbons (Fsp3) is 0.429. The molecule has 0 N–H and O–H groups in total. The summed E-state index contributed by atoms with van der Waals surface area (Å²) in [7, 11) is 0. The maximum Gasteiger partial charge on any atom is 0.0978 e. The Bertz CT molecular complexity index is 557. The van der Waals surface area contributed by atoms with Gasteiger partial charge >= 0.3 is 0 Å². The lowest BCUT2D eigenvalue weighted by molar-refractivity contribution is 0.0653. The van der Waals surface area contributed by atoms with Gasteiger partial charge in [-0.05, 0) is 74.4 Å². The van der Waals surface area contributed by atoms with Crippen molar-refractivity contribution >= 4 is 31.9 Å². The van der Waals surface area contributed by atoms with E-state index in [1.165, 1.54) is 22.3 Å². The Morgan fingerprint density at radius 3 is 2.35 bits per heavy atom. The Hall–Kier alpha value is -0.300. The number of ether oxygens (including phenoxy) is 1. The fourth-order valence-electron chi connectivity index (χ4n) is 3.04. The number of rotatable bonds is 0. The molecule has 2 bridgehead atoms. The zero-order valence-electron chi connectivity index (χ0n) is 9.68. The highest BCUT2D eigenvalue weighted by Gasteiger charge is 2.46. The zero-order valence-corrected chi connectivity index (χ0v) is 12.9. The summed E-state index contributed by atoms with van der Waals surface area (Å²) < 4.78 is 8.30. The van der Waals surface area contributed by atoms with Gasteiger partial charge in [0, 0.05) is 8.95 Å². The lowest BCUT2D eigenvalue weighted by Crippen LogP contribution is -2.12. The number of benzene rings is 1. The smallest absolute Gasteiger partial charge is 0.0978 e. The van der Waals surface area contributed by atoms with E-state index in [1.54, 1.807) is 0 Å².